The van der Waals surface area contributed by atoms with Crippen molar-refractivity contribution in [1.29, 1.82) is 0 Å². The maximum absolute atomic E-state index is 13.5. The molecule has 1 spiro atoms. The summed E-state index contributed by atoms with van der Waals surface area (Å²) in [7, 11) is -15.9. The van der Waals surface area contributed by atoms with Gasteiger partial charge in [-0.15, -0.1) is 0 Å². The summed E-state index contributed by atoms with van der Waals surface area (Å²) in [6.45, 7) is 0. The second-order valence-corrected chi connectivity index (χ2v) is 14.9. The molecule has 0 atom stereocenters. The number of anilines is 2. The fraction of sp³-hybridized carbons (Fsp3) is 0.0370. The van der Waals surface area contributed by atoms with Gasteiger partial charge < -0.3 is 39.3 Å². The quantitative estimate of drug-likeness (QED) is 0.0622. The van der Waals surface area contributed by atoms with Gasteiger partial charge in [0.2, 0.25) is 0 Å². The Bertz CT molecular complexity index is 2410. The van der Waals surface area contributed by atoms with Crippen LogP contribution in [0.3, 0.4) is 0 Å². The fourth-order valence-electron chi connectivity index (χ4n) is 5.40. The van der Waals surface area contributed by atoms with Crippen LogP contribution in [0.25, 0.3) is 0 Å². The first-order chi connectivity index (χ1) is 22.2. The van der Waals surface area contributed by atoms with E-state index in [9.17, 15) is 48.5 Å². The molecule has 0 saturated heterocycles. The Hall–Kier alpha value is -1.47. The van der Waals surface area contributed by atoms with Crippen molar-refractivity contribution in [3.63, 3.8) is 0 Å². The molecule has 4 aromatic rings. The second-order valence-electron chi connectivity index (χ2n) is 10.1. The number of fused-ring (bicyclic) bond motifs is 6. The van der Waals surface area contributed by atoms with E-state index in [2.05, 4.69) is 0 Å². The maximum Gasteiger partial charge on any atom is 1.00 e. The number of hydrogen-bond donors (Lipinski definition) is 2. The van der Waals surface area contributed by atoms with Crippen molar-refractivity contribution in [2.75, 3.05) is 11.5 Å². The van der Waals surface area contributed by atoms with Gasteiger partial charge in [-0.05, 0) is 48.5 Å². The summed E-state index contributed by atoms with van der Waals surface area (Å²) >= 11 is 12.0. The first-order valence-corrected chi connectivity index (χ1v) is 17.6. The molecule has 6 rings (SSSR count). The third kappa shape index (κ3) is 7.48. The summed E-state index contributed by atoms with van der Waals surface area (Å²) in [5.41, 5.74) is 6.53. The smallest absolute Gasteiger partial charge is 0.744 e. The molecular weight excluding hydrogens is 812 g/mol. The van der Waals surface area contributed by atoms with Crippen molar-refractivity contribution in [3.05, 3.63) is 92.5 Å². The second kappa shape index (κ2) is 15.0. The molecule has 0 amide bonds. The summed E-state index contributed by atoms with van der Waals surface area (Å²) in [6.07, 6.45) is 0. The minimum absolute atomic E-state index is 0. The number of rotatable bonds is 5. The number of benzene rings is 4. The molecule has 2 aliphatic rings. The molecule has 0 radical (unpaired) electrons. The van der Waals surface area contributed by atoms with Crippen molar-refractivity contribution in [2.45, 2.75) is 20.3 Å². The van der Waals surface area contributed by atoms with E-state index in [1.54, 1.807) is 0 Å². The summed E-state index contributed by atoms with van der Waals surface area (Å²) in [5.74, 6) is -4.60. The first-order valence-electron chi connectivity index (χ1n) is 12.7. The largest absolute Gasteiger partial charge is 1.00 e. The predicted octanol–water partition coefficient (Wildman–Crippen LogP) is -6.33. The molecule has 24 heteroatoms. The molecule has 0 bridgehead atoms. The Morgan fingerprint density at radius 2 is 1.16 bits per heavy atom. The Balaban J connectivity index is 0.00000234. The molecule has 0 saturated carbocycles. The number of ether oxygens (including phenoxy) is 3. The molecule has 0 aromatic heterocycles. The van der Waals surface area contributed by atoms with Gasteiger partial charge in [0.15, 0.2) is 22.8 Å². The molecule has 0 fully saturated rings. The van der Waals surface area contributed by atoms with Crippen LogP contribution < -0.4 is 110 Å². The summed E-state index contributed by atoms with van der Waals surface area (Å²) in [4.78, 5) is 23.5. The van der Waals surface area contributed by atoms with Gasteiger partial charge in [-0.25, -0.2) is 34.8 Å². The minimum Gasteiger partial charge on any atom is -0.744 e. The van der Waals surface area contributed by atoms with E-state index < -0.39 is 101 Å². The molecular formula is C27H13Cl2N2Na3O14S3. The fourth-order valence-corrected chi connectivity index (χ4v) is 8.09. The number of carbonyl (C=O) groups is 2. The zero-order chi connectivity index (χ0) is 35.3. The zero-order valence-corrected chi connectivity index (χ0v) is 36.0. The van der Waals surface area contributed by atoms with Gasteiger partial charge in [-0.1, -0.05) is 29.3 Å². The van der Waals surface area contributed by atoms with Crippen LogP contribution in [0, 0.1) is 0 Å². The van der Waals surface area contributed by atoms with Crippen molar-refractivity contribution >= 4 is 76.9 Å². The van der Waals surface area contributed by atoms with Crippen molar-refractivity contribution in [2.24, 2.45) is 0 Å². The normalized spacial score (nSPS) is 13.9. The number of hydrogen-bond acceptors (Lipinski definition) is 16. The van der Waals surface area contributed by atoms with Gasteiger partial charge in [0, 0.05) is 16.7 Å². The van der Waals surface area contributed by atoms with Crippen LogP contribution in [0.1, 0.15) is 37.4 Å². The summed E-state index contributed by atoms with van der Waals surface area (Å²) in [5, 5.41) is -1.04. The number of halogens is 2. The number of nitrogen functional groups attached to an aromatic ring is 2. The van der Waals surface area contributed by atoms with Crippen LogP contribution >= 0.6 is 23.2 Å². The van der Waals surface area contributed by atoms with Gasteiger partial charge in [0.05, 0.1) is 37.4 Å². The average molecular weight is 825 g/mol. The summed E-state index contributed by atoms with van der Waals surface area (Å²) < 4.78 is 125. The molecule has 2 aliphatic heterocycles. The molecule has 4 aromatic carbocycles. The molecule has 16 nitrogen and oxygen atoms in total. The first kappa shape index (κ1) is 43.9. The Morgan fingerprint density at radius 3 is 1.59 bits per heavy atom. The van der Waals surface area contributed by atoms with Crippen LogP contribution in [0.2, 0.25) is 10.0 Å². The van der Waals surface area contributed by atoms with E-state index in [0.29, 0.717) is 12.1 Å². The van der Waals surface area contributed by atoms with E-state index >= 15 is 0 Å². The van der Waals surface area contributed by atoms with E-state index in [0.717, 1.165) is 42.5 Å². The van der Waals surface area contributed by atoms with E-state index in [1.807, 2.05) is 0 Å². The molecule has 0 aliphatic carbocycles. The Labute approximate surface area is 365 Å². The molecule has 51 heavy (non-hydrogen) atoms. The molecule has 2 heterocycles. The molecule has 4 N–H and O–H groups in total. The van der Waals surface area contributed by atoms with Crippen LogP contribution in [0.15, 0.2) is 69.3 Å². The van der Waals surface area contributed by atoms with Crippen LogP contribution in [-0.4, -0.2) is 50.9 Å². The van der Waals surface area contributed by atoms with Gasteiger partial charge in [0.25, 0.3) is 0 Å². The van der Waals surface area contributed by atoms with E-state index in [1.165, 1.54) is 0 Å². The number of carbonyl (C=O) groups excluding carboxylic acids is 2. The average Bonchev–Trinajstić information content (AvgIpc) is 3.24. The van der Waals surface area contributed by atoms with Crippen LogP contribution in [0.5, 0.6) is 17.2 Å². The van der Waals surface area contributed by atoms with Gasteiger partial charge >= 0.3 is 101 Å². The van der Waals surface area contributed by atoms with Crippen molar-refractivity contribution < 1.29 is 151 Å². The van der Waals surface area contributed by atoms with E-state index in [4.69, 9.17) is 48.9 Å². The van der Waals surface area contributed by atoms with Gasteiger partial charge in [-0.3, -0.25) is 0 Å². The minimum atomic E-state index is -5.47. The monoisotopic (exact) mass is 824 g/mol. The summed E-state index contributed by atoms with van der Waals surface area (Å²) in [6, 6.07) is 8.91. The number of nitrogens with two attached hydrogens (primary N) is 2. The predicted molar refractivity (Wildman–Crippen MR) is 159 cm³/mol. The van der Waals surface area contributed by atoms with E-state index in [-0.39, 0.29) is 116 Å². The zero-order valence-electron chi connectivity index (χ0n) is 26.0. The SMILES string of the molecule is Nc1ccc2c(c1S(=O)(=O)[O-])Oc1c(ccc(N)c1S(=O)(=O)[O-])C21OC(=O)c2cc(C(=O)Oc3c(Cl)cc(S(=O)(=O)[O-])cc3Cl)ccc21.[Na+].[Na+].[Na+]. The molecule has 0 unspecified atom stereocenters. The topological polar surface area (TPSA) is 285 Å². The van der Waals surface area contributed by atoms with Crippen LogP contribution in [-0.2, 0) is 40.7 Å². The van der Waals surface area contributed by atoms with Crippen molar-refractivity contribution in [3.8, 4) is 17.2 Å². The van der Waals surface area contributed by atoms with Crippen LogP contribution in [0.4, 0.5) is 11.4 Å². The third-order valence-corrected chi connectivity index (χ3v) is 10.5. The van der Waals surface area contributed by atoms with Gasteiger partial charge in [0.1, 0.15) is 40.1 Å². The van der Waals surface area contributed by atoms with Gasteiger partial charge in [-0.2, -0.15) is 0 Å². The molecule has 250 valence electrons. The van der Waals surface area contributed by atoms with Crippen molar-refractivity contribution in [1.82, 2.24) is 0 Å². The Morgan fingerprint density at radius 1 is 0.706 bits per heavy atom. The number of esters is 2. The standard InChI is InChI=1S/C27H16Cl2N2O14S3.3Na/c28-16-8-11(46(34,35)36)9-17(29)22(16)44-25(32)10-1-2-13-12(7-10)26(33)45-27(13)14-3-5-18(30)23(47(37,38)39)20(14)43-21-15(27)4-6-19(31)24(21)48(40,41)42;;;/h1-9H,30-31H2,(H,34,35,36)(H,37,38,39)(H,40,41,42);;;/q;3*+1/p-3. The Kier molecular flexibility index (Phi) is 12.9. The maximum atomic E-state index is 13.5. The third-order valence-electron chi connectivity index (χ3n) is 7.30.